The average molecular weight is 292 g/mol. The van der Waals surface area contributed by atoms with Crippen molar-refractivity contribution in [3.05, 3.63) is 60.2 Å². The predicted octanol–water partition coefficient (Wildman–Crippen LogP) is 4.71. The smallest absolute Gasteiger partial charge is 0.327 e. The molecule has 1 N–H and O–H groups in total. The summed E-state index contributed by atoms with van der Waals surface area (Å²) in [6, 6.07) is 18.2. The van der Waals surface area contributed by atoms with E-state index in [0.717, 1.165) is 24.2 Å². The van der Waals surface area contributed by atoms with Gasteiger partial charge in [-0.1, -0.05) is 55.7 Å². The molecule has 3 nitrogen and oxygen atoms in total. The fraction of sp³-hybridized carbons (Fsp3) is 0.316. The number of carbonyl (C=O) groups is 1. The summed E-state index contributed by atoms with van der Waals surface area (Å²) >= 11 is 0. The molecule has 4 rings (SSSR count). The van der Waals surface area contributed by atoms with Gasteiger partial charge in [0.25, 0.3) is 0 Å². The van der Waals surface area contributed by atoms with Crippen molar-refractivity contribution in [2.45, 2.75) is 37.6 Å². The Bertz CT molecular complexity index is 690. The lowest BCUT2D eigenvalue weighted by Crippen LogP contribution is -2.55. The van der Waals surface area contributed by atoms with Crippen molar-refractivity contribution in [2.24, 2.45) is 0 Å². The minimum atomic E-state index is -0.169. The summed E-state index contributed by atoms with van der Waals surface area (Å²) in [6.45, 7) is 0. The molecule has 112 valence electrons. The van der Waals surface area contributed by atoms with E-state index in [0.29, 0.717) is 0 Å². The number of hydrogen-bond donors (Lipinski definition) is 1. The highest BCUT2D eigenvalue weighted by atomic mass is 16.2. The van der Waals surface area contributed by atoms with E-state index in [9.17, 15) is 4.79 Å². The first-order valence-electron chi connectivity index (χ1n) is 8.07. The van der Waals surface area contributed by atoms with Crippen LogP contribution >= 0.6 is 0 Å². The normalized spacial score (nSPS) is 19.6. The van der Waals surface area contributed by atoms with Crippen LogP contribution in [-0.2, 0) is 5.54 Å². The summed E-state index contributed by atoms with van der Waals surface area (Å²) in [6.07, 6.45) is 5.71. The number of hydrogen-bond acceptors (Lipinski definition) is 1. The third-order valence-corrected chi connectivity index (χ3v) is 4.93. The molecule has 2 aliphatic rings. The van der Waals surface area contributed by atoms with E-state index in [-0.39, 0.29) is 11.6 Å². The molecule has 0 saturated heterocycles. The highest BCUT2D eigenvalue weighted by molar-refractivity contribution is 6.02. The summed E-state index contributed by atoms with van der Waals surface area (Å²) in [5.41, 5.74) is 3.03. The molecule has 0 unspecified atom stereocenters. The van der Waals surface area contributed by atoms with Gasteiger partial charge in [-0.25, -0.2) is 4.79 Å². The van der Waals surface area contributed by atoms with Gasteiger partial charge in [0, 0.05) is 5.56 Å². The molecule has 2 aromatic rings. The molecule has 0 radical (unpaired) electrons. The zero-order valence-corrected chi connectivity index (χ0v) is 12.6. The SMILES string of the molecule is O=C1NC2(CCCCC2)c2ccccc2N1c1ccccc1. The second-order valence-corrected chi connectivity index (χ2v) is 6.26. The molecule has 0 atom stereocenters. The lowest BCUT2D eigenvalue weighted by atomic mass is 9.75. The number of benzene rings is 2. The molecule has 3 heteroatoms. The van der Waals surface area contributed by atoms with Gasteiger partial charge >= 0.3 is 6.03 Å². The molecular formula is C19H20N2O. The van der Waals surface area contributed by atoms with Gasteiger partial charge in [-0.15, -0.1) is 0 Å². The lowest BCUT2D eigenvalue weighted by molar-refractivity contribution is 0.204. The second kappa shape index (κ2) is 5.16. The number of rotatable bonds is 1. The van der Waals surface area contributed by atoms with Crippen LogP contribution < -0.4 is 10.2 Å². The number of anilines is 2. The number of fused-ring (bicyclic) bond motifs is 2. The maximum atomic E-state index is 12.8. The first-order chi connectivity index (χ1) is 10.8. The van der Waals surface area contributed by atoms with Crippen molar-refractivity contribution in [1.82, 2.24) is 5.32 Å². The molecule has 1 aliphatic heterocycles. The minimum Gasteiger partial charge on any atom is -0.328 e. The van der Waals surface area contributed by atoms with Crippen LogP contribution in [0.1, 0.15) is 37.7 Å². The third-order valence-electron chi connectivity index (χ3n) is 4.93. The first-order valence-corrected chi connectivity index (χ1v) is 8.07. The van der Waals surface area contributed by atoms with Crippen LogP contribution in [0.3, 0.4) is 0 Å². The maximum absolute atomic E-state index is 12.8. The van der Waals surface area contributed by atoms with E-state index in [4.69, 9.17) is 0 Å². The van der Waals surface area contributed by atoms with Gasteiger partial charge in [-0.3, -0.25) is 4.90 Å². The van der Waals surface area contributed by atoms with Gasteiger partial charge < -0.3 is 5.32 Å². The van der Waals surface area contributed by atoms with Crippen LogP contribution in [-0.4, -0.2) is 6.03 Å². The Labute approximate surface area is 131 Å². The van der Waals surface area contributed by atoms with Gasteiger partial charge in [-0.2, -0.15) is 0 Å². The van der Waals surface area contributed by atoms with Crippen LogP contribution in [0.4, 0.5) is 16.2 Å². The molecule has 1 fully saturated rings. The molecule has 2 aromatic carbocycles. The summed E-state index contributed by atoms with van der Waals surface area (Å²) < 4.78 is 0. The van der Waals surface area contributed by atoms with Crippen molar-refractivity contribution >= 4 is 17.4 Å². The molecule has 22 heavy (non-hydrogen) atoms. The Balaban J connectivity index is 1.86. The van der Waals surface area contributed by atoms with E-state index in [1.54, 1.807) is 4.90 Å². The van der Waals surface area contributed by atoms with Crippen LogP contribution in [0.15, 0.2) is 54.6 Å². The first kappa shape index (κ1) is 13.4. The summed E-state index contributed by atoms with van der Waals surface area (Å²) in [5.74, 6) is 0. The van der Waals surface area contributed by atoms with E-state index in [1.807, 2.05) is 36.4 Å². The summed E-state index contributed by atoms with van der Waals surface area (Å²) in [4.78, 5) is 14.6. The molecule has 1 saturated carbocycles. The highest BCUT2D eigenvalue weighted by Crippen LogP contribution is 2.45. The quantitative estimate of drug-likeness (QED) is 0.811. The largest absolute Gasteiger partial charge is 0.328 e. The summed E-state index contributed by atoms with van der Waals surface area (Å²) in [7, 11) is 0. The number of nitrogens with zero attached hydrogens (tertiary/aromatic N) is 1. The van der Waals surface area contributed by atoms with Crippen LogP contribution in [0.25, 0.3) is 0 Å². The number of urea groups is 1. The van der Waals surface area contributed by atoms with Crippen molar-refractivity contribution in [3.8, 4) is 0 Å². The van der Waals surface area contributed by atoms with Gasteiger partial charge in [-0.05, 0) is 31.0 Å². The highest BCUT2D eigenvalue weighted by Gasteiger charge is 2.43. The molecule has 0 aromatic heterocycles. The van der Waals surface area contributed by atoms with Crippen molar-refractivity contribution in [1.29, 1.82) is 0 Å². The van der Waals surface area contributed by atoms with Crippen LogP contribution in [0.2, 0.25) is 0 Å². The lowest BCUT2D eigenvalue weighted by Gasteiger charge is -2.46. The molecule has 1 heterocycles. The maximum Gasteiger partial charge on any atom is 0.327 e. The number of carbonyl (C=O) groups excluding carboxylic acids is 1. The van der Waals surface area contributed by atoms with E-state index in [2.05, 4.69) is 23.5 Å². The number of amides is 2. The molecule has 0 bridgehead atoms. The van der Waals surface area contributed by atoms with Crippen molar-refractivity contribution in [2.75, 3.05) is 4.90 Å². The van der Waals surface area contributed by atoms with Gasteiger partial charge in [0.15, 0.2) is 0 Å². The Kier molecular flexibility index (Phi) is 3.14. The van der Waals surface area contributed by atoms with Gasteiger partial charge in [0.2, 0.25) is 0 Å². The van der Waals surface area contributed by atoms with Crippen LogP contribution in [0, 0.1) is 0 Å². The zero-order valence-electron chi connectivity index (χ0n) is 12.6. The molecular weight excluding hydrogens is 272 g/mol. The molecule has 2 amide bonds. The molecule has 1 aliphatic carbocycles. The van der Waals surface area contributed by atoms with Gasteiger partial charge in [0.05, 0.1) is 16.9 Å². The summed E-state index contributed by atoms with van der Waals surface area (Å²) in [5, 5.41) is 3.32. The topological polar surface area (TPSA) is 32.3 Å². The van der Waals surface area contributed by atoms with Gasteiger partial charge in [0.1, 0.15) is 0 Å². The fourth-order valence-electron chi connectivity index (χ4n) is 3.89. The van der Waals surface area contributed by atoms with Crippen LogP contribution in [0.5, 0.6) is 0 Å². The number of para-hydroxylation sites is 2. The van der Waals surface area contributed by atoms with Crippen molar-refractivity contribution < 1.29 is 4.79 Å². The number of nitrogens with one attached hydrogen (secondary N) is 1. The van der Waals surface area contributed by atoms with Crippen molar-refractivity contribution in [3.63, 3.8) is 0 Å². The molecule has 1 spiro atoms. The fourth-order valence-corrected chi connectivity index (χ4v) is 3.89. The zero-order chi connectivity index (χ0) is 15.0. The Morgan fingerprint density at radius 1 is 0.864 bits per heavy atom. The minimum absolute atomic E-state index is 0.00759. The standard InChI is InChI=1S/C19H20N2O/c22-18-20-19(13-7-2-8-14-19)16-11-5-6-12-17(16)21(18)15-9-3-1-4-10-15/h1,3-6,9-12H,2,7-8,13-14H2,(H,20,22). The average Bonchev–Trinajstić information content (AvgIpc) is 2.57. The Hall–Kier alpha value is -2.29. The van der Waals surface area contributed by atoms with E-state index in [1.165, 1.54) is 24.8 Å². The van der Waals surface area contributed by atoms with E-state index < -0.39 is 0 Å². The van der Waals surface area contributed by atoms with E-state index >= 15 is 0 Å². The second-order valence-electron chi connectivity index (χ2n) is 6.26. The third kappa shape index (κ3) is 2.00. The predicted molar refractivity (Wildman–Crippen MR) is 88.3 cm³/mol. The Morgan fingerprint density at radius 3 is 2.32 bits per heavy atom. The monoisotopic (exact) mass is 292 g/mol. The Morgan fingerprint density at radius 2 is 1.55 bits per heavy atom.